The van der Waals surface area contributed by atoms with Crippen LogP contribution in [-0.4, -0.2) is 22.4 Å². The fourth-order valence-electron chi connectivity index (χ4n) is 2.56. The number of aliphatic hydroxyl groups is 2. The van der Waals surface area contributed by atoms with Crippen molar-refractivity contribution in [2.75, 3.05) is 0 Å². The van der Waals surface area contributed by atoms with Crippen LogP contribution in [0.4, 0.5) is 0 Å². The molecule has 64 valence electrons. The Morgan fingerprint density at radius 1 is 0.727 bits per heavy atom. The van der Waals surface area contributed by atoms with E-state index in [1.54, 1.807) is 0 Å². The minimum atomic E-state index is -0.0706. The van der Waals surface area contributed by atoms with Crippen molar-refractivity contribution in [2.45, 2.75) is 44.3 Å². The fourth-order valence-corrected chi connectivity index (χ4v) is 2.56. The molecule has 0 aromatic rings. The van der Waals surface area contributed by atoms with Crippen LogP contribution in [0.1, 0.15) is 32.1 Å². The predicted molar refractivity (Wildman–Crippen MR) is 42.1 cm³/mol. The lowest BCUT2D eigenvalue weighted by atomic mass is 9.69. The zero-order valence-electron chi connectivity index (χ0n) is 6.74. The van der Waals surface area contributed by atoms with Gasteiger partial charge in [0.2, 0.25) is 0 Å². The quantitative estimate of drug-likeness (QED) is 0.547. The molecule has 0 radical (unpaired) electrons. The SMILES string of the molecule is O[C@H]1CC[C@H]2C[C@@H]1CC[C@@H]2O. The molecule has 0 amide bonds. The third-order valence-corrected chi connectivity index (χ3v) is 3.36. The van der Waals surface area contributed by atoms with Gasteiger partial charge in [-0.25, -0.2) is 0 Å². The molecule has 2 heteroatoms. The van der Waals surface area contributed by atoms with Crippen LogP contribution in [-0.2, 0) is 0 Å². The van der Waals surface area contributed by atoms with E-state index in [-0.39, 0.29) is 12.2 Å². The highest BCUT2D eigenvalue weighted by atomic mass is 16.3. The average Bonchev–Trinajstić information content (AvgIpc) is 2.02. The Balaban J connectivity index is 2.02. The number of fused-ring (bicyclic) bond motifs is 2. The molecule has 0 saturated heterocycles. The molecule has 2 aliphatic rings. The first-order valence-corrected chi connectivity index (χ1v) is 4.63. The maximum atomic E-state index is 9.53. The van der Waals surface area contributed by atoms with E-state index < -0.39 is 0 Å². The van der Waals surface area contributed by atoms with Gasteiger partial charge in [0.25, 0.3) is 0 Å². The van der Waals surface area contributed by atoms with E-state index in [0.29, 0.717) is 11.8 Å². The Morgan fingerprint density at radius 3 is 1.64 bits per heavy atom. The summed E-state index contributed by atoms with van der Waals surface area (Å²) in [6.07, 6.45) is 4.79. The molecule has 11 heavy (non-hydrogen) atoms. The summed E-state index contributed by atoms with van der Waals surface area (Å²) >= 11 is 0. The van der Waals surface area contributed by atoms with Gasteiger partial charge in [0.15, 0.2) is 0 Å². The summed E-state index contributed by atoms with van der Waals surface area (Å²) in [6, 6.07) is 0. The molecule has 2 saturated carbocycles. The molecule has 2 bridgehead atoms. The molecule has 2 rings (SSSR count). The average molecular weight is 156 g/mol. The molecule has 0 aliphatic heterocycles. The maximum Gasteiger partial charge on any atom is 0.0568 e. The van der Waals surface area contributed by atoms with Crippen LogP contribution in [0.5, 0.6) is 0 Å². The van der Waals surface area contributed by atoms with Crippen molar-refractivity contribution < 1.29 is 10.2 Å². The first-order valence-electron chi connectivity index (χ1n) is 4.63. The van der Waals surface area contributed by atoms with E-state index >= 15 is 0 Å². The second-order valence-corrected chi connectivity index (χ2v) is 4.05. The largest absolute Gasteiger partial charge is 0.393 e. The van der Waals surface area contributed by atoms with Crippen LogP contribution >= 0.6 is 0 Å². The molecule has 0 aromatic heterocycles. The van der Waals surface area contributed by atoms with Crippen LogP contribution in [0.3, 0.4) is 0 Å². The van der Waals surface area contributed by atoms with Crippen LogP contribution in [0.15, 0.2) is 0 Å². The van der Waals surface area contributed by atoms with E-state index in [2.05, 4.69) is 0 Å². The van der Waals surface area contributed by atoms with E-state index in [0.717, 1.165) is 32.1 Å². The molecule has 0 unspecified atom stereocenters. The molecule has 0 spiro atoms. The lowest BCUT2D eigenvalue weighted by Gasteiger charge is -2.40. The molecule has 2 aliphatic carbocycles. The Morgan fingerprint density at radius 2 is 1.18 bits per heavy atom. The molecule has 0 aromatic carbocycles. The van der Waals surface area contributed by atoms with Crippen molar-refractivity contribution in [3.05, 3.63) is 0 Å². The van der Waals surface area contributed by atoms with Gasteiger partial charge in [-0.1, -0.05) is 0 Å². The maximum absolute atomic E-state index is 9.53. The lowest BCUT2D eigenvalue weighted by Crippen LogP contribution is -2.39. The van der Waals surface area contributed by atoms with E-state index in [1.807, 2.05) is 0 Å². The summed E-state index contributed by atoms with van der Waals surface area (Å²) in [6.45, 7) is 0. The monoisotopic (exact) mass is 156 g/mol. The Labute approximate surface area is 67.2 Å². The zero-order chi connectivity index (χ0) is 7.84. The van der Waals surface area contributed by atoms with Gasteiger partial charge in [-0.2, -0.15) is 0 Å². The summed E-state index contributed by atoms with van der Waals surface area (Å²) < 4.78 is 0. The van der Waals surface area contributed by atoms with Crippen molar-refractivity contribution in [3.8, 4) is 0 Å². The highest BCUT2D eigenvalue weighted by Crippen LogP contribution is 2.39. The molecule has 0 heterocycles. The standard InChI is InChI=1S/C9H16O2/c10-8-3-1-6-5-7(8)2-4-9(6)11/h6-11H,1-5H2/t6-,7-,8-,9-/m0/s1. The Bertz CT molecular complexity index is 130. The molecule has 2 fully saturated rings. The smallest absolute Gasteiger partial charge is 0.0568 e. The summed E-state index contributed by atoms with van der Waals surface area (Å²) in [5.74, 6) is 0.995. The molecule has 2 nitrogen and oxygen atoms in total. The van der Waals surface area contributed by atoms with Gasteiger partial charge in [0.1, 0.15) is 0 Å². The van der Waals surface area contributed by atoms with Crippen LogP contribution < -0.4 is 0 Å². The van der Waals surface area contributed by atoms with Gasteiger partial charge in [0.05, 0.1) is 12.2 Å². The van der Waals surface area contributed by atoms with Gasteiger partial charge in [-0.05, 0) is 43.9 Å². The summed E-state index contributed by atoms with van der Waals surface area (Å²) in [7, 11) is 0. The predicted octanol–water partition coefficient (Wildman–Crippen LogP) is 0.918. The van der Waals surface area contributed by atoms with Crippen LogP contribution in [0.2, 0.25) is 0 Å². The van der Waals surface area contributed by atoms with E-state index in [1.165, 1.54) is 0 Å². The van der Waals surface area contributed by atoms with Crippen LogP contribution in [0.25, 0.3) is 0 Å². The molecule has 2 N–H and O–H groups in total. The summed E-state index contributed by atoms with van der Waals surface area (Å²) in [4.78, 5) is 0. The second-order valence-electron chi connectivity index (χ2n) is 4.05. The summed E-state index contributed by atoms with van der Waals surface area (Å²) in [5.41, 5.74) is 0. The fraction of sp³-hybridized carbons (Fsp3) is 1.00. The van der Waals surface area contributed by atoms with Gasteiger partial charge in [-0.3, -0.25) is 0 Å². The first-order chi connectivity index (χ1) is 5.27. The van der Waals surface area contributed by atoms with E-state index in [4.69, 9.17) is 0 Å². The van der Waals surface area contributed by atoms with Crippen molar-refractivity contribution >= 4 is 0 Å². The van der Waals surface area contributed by atoms with Gasteiger partial charge in [0, 0.05) is 0 Å². The zero-order valence-corrected chi connectivity index (χ0v) is 6.74. The minimum absolute atomic E-state index is 0.0706. The van der Waals surface area contributed by atoms with Gasteiger partial charge in [-0.15, -0.1) is 0 Å². The lowest BCUT2D eigenvalue weighted by molar-refractivity contribution is -0.0381. The van der Waals surface area contributed by atoms with Gasteiger partial charge < -0.3 is 10.2 Å². The van der Waals surface area contributed by atoms with Crippen molar-refractivity contribution in [2.24, 2.45) is 11.8 Å². The minimum Gasteiger partial charge on any atom is -0.393 e. The van der Waals surface area contributed by atoms with Crippen molar-refractivity contribution in [1.29, 1.82) is 0 Å². The topological polar surface area (TPSA) is 40.5 Å². The second kappa shape index (κ2) is 2.76. The number of hydrogen-bond donors (Lipinski definition) is 2. The number of aliphatic hydroxyl groups excluding tert-OH is 2. The van der Waals surface area contributed by atoms with E-state index in [9.17, 15) is 10.2 Å². The van der Waals surface area contributed by atoms with Crippen molar-refractivity contribution in [1.82, 2.24) is 0 Å². The van der Waals surface area contributed by atoms with Gasteiger partial charge >= 0.3 is 0 Å². The number of rotatable bonds is 0. The normalized spacial score (nSPS) is 50.7. The van der Waals surface area contributed by atoms with Crippen LogP contribution in [0, 0.1) is 11.8 Å². The third-order valence-electron chi connectivity index (χ3n) is 3.36. The van der Waals surface area contributed by atoms with Crippen molar-refractivity contribution in [3.63, 3.8) is 0 Å². The summed E-state index contributed by atoms with van der Waals surface area (Å²) in [5, 5.41) is 19.1. The molecule has 4 atom stereocenters. The highest BCUT2D eigenvalue weighted by Gasteiger charge is 2.36. The molecular formula is C9H16O2. The highest BCUT2D eigenvalue weighted by molar-refractivity contribution is 4.88. The first kappa shape index (κ1) is 7.56. The Hall–Kier alpha value is -0.0800. The molecular weight excluding hydrogens is 140 g/mol. The Kier molecular flexibility index (Phi) is 1.90. The number of hydrogen-bond acceptors (Lipinski definition) is 2. The third kappa shape index (κ3) is 1.30.